The molecule has 0 aliphatic carbocycles. The van der Waals surface area contributed by atoms with E-state index in [9.17, 15) is 23.1 Å². The molecule has 5 N–H and O–H groups in total. The lowest BCUT2D eigenvalue weighted by Gasteiger charge is -2.08. The molecule has 0 saturated carbocycles. The molecule has 3 aromatic carbocycles. The summed E-state index contributed by atoms with van der Waals surface area (Å²) < 4.78 is 22.8. The first-order valence-electron chi connectivity index (χ1n) is 10.6. The number of fused-ring (bicyclic) bond motifs is 1. The highest BCUT2D eigenvalue weighted by atomic mass is 32.2. The average molecular weight is 504 g/mol. The highest BCUT2D eigenvalue weighted by Crippen LogP contribution is 2.28. The minimum absolute atomic E-state index is 0.00188. The summed E-state index contributed by atoms with van der Waals surface area (Å²) in [4.78, 5) is 29.9. The number of aromatic amines is 1. The van der Waals surface area contributed by atoms with Crippen molar-refractivity contribution in [3.8, 4) is 17.0 Å². The van der Waals surface area contributed by atoms with E-state index in [4.69, 9.17) is 10.2 Å². The Hall–Kier alpha value is -4.54. The van der Waals surface area contributed by atoms with Gasteiger partial charge in [0.25, 0.3) is 5.56 Å². The summed E-state index contributed by atoms with van der Waals surface area (Å²) in [5, 5.41) is 25.2. The van der Waals surface area contributed by atoms with Gasteiger partial charge in [-0.25, -0.2) is 18.4 Å². The molecule has 0 aliphatic heterocycles. The molecular formula is C26H21N3O6S. The third-order valence-electron chi connectivity index (χ3n) is 5.45. The average Bonchev–Trinajstić information content (AvgIpc) is 2.84. The summed E-state index contributed by atoms with van der Waals surface area (Å²) in [5.74, 6) is -1.36. The van der Waals surface area contributed by atoms with E-state index < -0.39 is 21.6 Å². The number of hydrogen-bond donors (Lipinski definition) is 4. The van der Waals surface area contributed by atoms with E-state index in [1.165, 1.54) is 24.4 Å². The molecule has 0 unspecified atom stereocenters. The normalized spacial score (nSPS) is 12.0. The van der Waals surface area contributed by atoms with E-state index in [1.54, 1.807) is 42.5 Å². The Morgan fingerprint density at radius 2 is 1.64 bits per heavy atom. The monoisotopic (exact) mass is 503 g/mol. The number of pyridine rings is 1. The van der Waals surface area contributed by atoms with Crippen LogP contribution in [0.5, 0.6) is 5.88 Å². The number of sulfonamides is 1. The number of primary sulfonamides is 1. The van der Waals surface area contributed by atoms with Gasteiger partial charge in [0, 0.05) is 23.1 Å². The molecule has 9 nitrogen and oxygen atoms in total. The predicted octanol–water partition coefficient (Wildman–Crippen LogP) is 3.27. The number of rotatable bonds is 7. The number of carboxylic acid groups (broad SMARTS) is 1. The van der Waals surface area contributed by atoms with Gasteiger partial charge in [0.2, 0.25) is 15.9 Å². The van der Waals surface area contributed by atoms with Crippen LogP contribution < -0.4 is 10.7 Å². The Labute approximate surface area is 205 Å². The Bertz CT molecular complexity index is 1670. The van der Waals surface area contributed by atoms with E-state index in [1.807, 2.05) is 12.1 Å². The molecule has 4 aromatic rings. The van der Waals surface area contributed by atoms with E-state index in [0.29, 0.717) is 16.3 Å². The first kappa shape index (κ1) is 24.6. The van der Waals surface area contributed by atoms with Crippen LogP contribution in [0.3, 0.4) is 0 Å². The summed E-state index contributed by atoms with van der Waals surface area (Å²) in [7, 11) is -3.79. The third kappa shape index (κ3) is 5.57. The van der Waals surface area contributed by atoms with Crippen LogP contribution in [0.2, 0.25) is 0 Å². The van der Waals surface area contributed by atoms with Crippen molar-refractivity contribution in [1.29, 1.82) is 0 Å². The number of nitrogens with two attached hydrogens (primary N) is 1. The van der Waals surface area contributed by atoms with Crippen molar-refractivity contribution in [1.82, 2.24) is 4.98 Å². The minimum Gasteiger partial charge on any atom is -0.494 e. The standard InChI is InChI=1S/C26H21N3O6S/c27-36(34,35)20-9-3-17(4-10-20)14-28-15-23-22-13-19(8-11-21(22)25(32)29-26(23)33)18-6-1-16(2-7-18)5-12-24(30)31/h1-13,15H,14H2,(H,30,31)(H2,27,34,35)(H2,29,32,33). The molecule has 0 aliphatic rings. The fraction of sp³-hybridized carbons (Fsp3) is 0.0385. The fourth-order valence-corrected chi connectivity index (χ4v) is 4.14. The first-order valence-corrected chi connectivity index (χ1v) is 12.2. The molecule has 0 atom stereocenters. The van der Waals surface area contributed by atoms with Crippen LogP contribution in [-0.4, -0.2) is 35.8 Å². The Balaban J connectivity index is 1.66. The lowest BCUT2D eigenvalue weighted by atomic mass is 9.99. The number of aromatic nitrogens is 1. The molecule has 1 heterocycles. The van der Waals surface area contributed by atoms with Gasteiger partial charge >= 0.3 is 5.97 Å². The zero-order valence-electron chi connectivity index (χ0n) is 18.8. The number of aromatic hydroxyl groups is 1. The van der Waals surface area contributed by atoms with Crippen molar-refractivity contribution in [2.24, 2.45) is 10.1 Å². The number of nitrogens with one attached hydrogen (secondary N) is 1. The van der Waals surface area contributed by atoms with Gasteiger partial charge in [0.15, 0.2) is 0 Å². The van der Waals surface area contributed by atoms with E-state index in [0.717, 1.165) is 28.3 Å². The number of aliphatic imine (C=N–C) groups is 1. The lowest BCUT2D eigenvalue weighted by Crippen LogP contribution is -2.11. The maximum atomic E-state index is 12.4. The lowest BCUT2D eigenvalue weighted by molar-refractivity contribution is -0.131. The number of carbonyl (C=O) groups is 1. The molecule has 10 heteroatoms. The van der Waals surface area contributed by atoms with Crippen molar-refractivity contribution < 1.29 is 23.4 Å². The van der Waals surface area contributed by atoms with Crippen molar-refractivity contribution in [3.63, 3.8) is 0 Å². The molecule has 0 amide bonds. The van der Waals surface area contributed by atoms with Gasteiger partial charge in [0.05, 0.1) is 17.0 Å². The van der Waals surface area contributed by atoms with E-state index in [2.05, 4.69) is 9.98 Å². The van der Waals surface area contributed by atoms with Crippen LogP contribution in [0.15, 0.2) is 87.5 Å². The third-order valence-corrected chi connectivity index (χ3v) is 6.38. The molecule has 0 spiro atoms. The topological polar surface area (TPSA) is 163 Å². The molecule has 0 bridgehead atoms. The Morgan fingerprint density at radius 3 is 2.28 bits per heavy atom. The van der Waals surface area contributed by atoms with Crippen LogP contribution in [0.4, 0.5) is 0 Å². The summed E-state index contributed by atoms with van der Waals surface area (Å²) in [5.41, 5.74) is 2.95. The van der Waals surface area contributed by atoms with Crippen LogP contribution in [0.1, 0.15) is 16.7 Å². The SMILES string of the molecule is NS(=O)(=O)c1ccc(CN=Cc2c(O)[nH]c(=O)c3ccc(-c4ccc(C=CC(=O)O)cc4)cc23)cc1. The summed E-state index contributed by atoms with van der Waals surface area (Å²) in [6, 6.07) is 18.4. The molecule has 0 radical (unpaired) electrons. The van der Waals surface area contributed by atoms with E-state index >= 15 is 0 Å². The predicted molar refractivity (Wildman–Crippen MR) is 137 cm³/mol. The largest absolute Gasteiger partial charge is 0.494 e. The highest BCUT2D eigenvalue weighted by molar-refractivity contribution is 7.89. The second-order valence-electron chi connectivity index (χ2n) is 7.93. The minimum atomic E-state index is -3.79. The van der Waals surface area contributed by atoms with Crippen LogP contribution in [0, 0.1) is 0 Å². The number of H-pyrrole nitrogens is 1. The smallest absolute Gasteiger partial charge is 0.328 e. The summed E-state index contributed by atoms with van der Waals surface area (Å²) in [6.45, 7) is 0.204. The molecule has 0 fully saturated rings. The zero-order valence-corrected chi connectivity index (χ0v) is 19.6. The molecule has 36 heavy (non-hydrogen) atoms. The number of nitrogens with zero attached hydrogens (tertiary/aromatic N) is 1. The molecule has 182 valence electrons. The van der Waals surface area contributed by atoms with Gasteiger partial charge < -0.3 is 10.2 Å². The number of hydrogen-bond acceptors (Lipinski definition) is 6. The maximum absolute atomic E-state index is 12.4. The quantitative estimate of drug-likeness (QED) is 0.223. The molecule has 4 rings (SSSR count). The van der Waals surface area contributed by atoms with Crippen molar-refractivity contribution in [2.75, 3.05) is 0 Å². The van der Waals surface area contributed by atoms with Gasteiger partial charge in [-0.05, 0) is 52.6 Å². The second-order valence-corrected chi connectivity index (χ2v) is 9.49. The van der Waals surface area contributed by atoms with Crippen LogP contribution >= 0.6 is 0 Å². The Morgan fingerprint density at radius 1 is 0.972 bits per heavy atom. The molecular weight excluding hydrogens is 482 g/mol. The highest BCUT2D eigenvalue weighted by Gasteiger charge is 2.11. The summed E-state index contributed by atoms with van der Waals surface area (Å²) in [6.07, 6.45) is 3.99. The second kappa shape index (κ2) is 9.98. The molecule has 0 saturated heterocycles. The van der Waals surface area contributed by atoms with Crippen molar-refractivity contribution in [2.45, 2.75) is 11.4 Å². The first-order chi connectivity index (χ1) is 17.1. The molecule has 1 aromatic heterocycles. The van der Waals surface area contributed by atoms with Crippen molar-refractivity contribution >= 4 is 39.1 Å². The fourth-order valence-electron chi connectivity index (χ4n) is 3.63. The van der Waals surface area contributed by atoms with Crippen LogP contribution in [-0.2, 0) is 21.4 Å². The van der Waals surface area contributed by atoms with Gasteiger partial charge in [-0.1, -0.05) is 42.5 Å². The van der Waals surface area contributed by atoms with Crippen LogP contribution in [0.25, 0.3) is 28.0 Å². The maximum Gasteiger partial charge on any atom is 0.328 e. The number of carboxylic acids is 1. The van der Waals surface area contributed by atoms with Crippen molar-refractivity contribution in [3.05, 3.63) is 99.9 Å². The van der Waals surface area contributed by atoms with E-state index in [-0.39, 0.29) is 17.3 Å². The summed E-state index contributed by atoms with van der Waals surface area (Å²) >= 11 is 0. The number of benzene rings is 3. The van der Waals surface area contributed by atoms with Gasteiger partial charge in [0.1, 0.15) is 0 Å². The van der Waals surface area contributed by atoms with Gasteiger partial charge in [-0.2, -0.15) is 0 Å². The van der Waals surface area contributed by atoms with Gasteiger partial charge in [-0.3, -0.25) is 14.8 Å². The Kier molecular flexibility index (Phi) is 6.82. The zero-order chi connectivity index (χ0) is 25.9. The number of aliphatic carboxylic acids is 1. The van der Waals surface area contributed by atoms with Gasteiger partial charge in [-0.15, -0.1) is 0 Å².